The number of carbonyl (C=O) groups is 1. The first-order chi connectivity index (χ1) is 14.2. The van der Waals surface area contributed by atoms with Crippen LogP contribution in [0, 0.1) is 18.3 Å². The standard InChI is InChI=1S/C23H27ClN4O2/c1-14-10-20(26-28(14)13-15-6-5-7-17(24)11-15)25-22(29)21-18-12-16(23(2,3)4)8-9-19(18)30-27-21/h5-7,10-11,16H,8-9,12-13H2,1-4H3,(H,25,26,29). The van der Waals surface area contributed by atoms with Crippen molar-refractivity contribution in [2.24, 2.45) is 11.3 Å². The largest absolute Gasteiger partial charge is 0.360 e. The molecule has 2 aromatic heterocycles. The summed E-state index contributed by atoms with van der Waals surface area (Å²) in [6, 6.07) is 9.52. The number of aryl methyl sites for hydroxylation is 2. The maximum atomic E-state index is 12.9. The minimum absolute atomic E-state index is 0.179. The minimum Gasteiger partial charge on any atom is -0.360 e. The summed E-state index contributed by atoms with van der Waals surface area (Å²) in [6.45, 7) is 9.26. The highest BCUT2D eigenvalue weighted by Crippen LogP contribution is 2.38. The summed E-state index contributed by atoms with van der Waals surface area (Å²) in [7, 11) is 0. The molecule has 0 bridgehead atoms. The molecule has 0 saturated heterocycles. The summed E-state index contributed by atoms with van der Waals surface area (Å²) < 4.78 is 7.32. The molecule has 1 aliphatic rings. The van der Waals surface area contributed by atoms with E-state index in [1.165, 1.54) is 0 Å². The third kappa shape index (κ3) is 4.29. The van der Waals surface area contributed by atoms with Gasteiger partial charge in [-0.2, -0.15) is 5.10 Å². The van der Waals surface area contributed by atoms with Crippen LogP contribution < -0.4 is 5.32 Å². The number of halogens is 1. The fraction of sp³-hybridized carbons (Fsp3) is 0.435. The van der Waals surface area contributed by atoms with Crippen molar-refractivity contribution in [2.45, 2.75) is 53.5 Å². The van der Waals surface area contributed by atoms with Gasteiger partial charge in [0.15, 0.2) is 11.5 Å². The molecule has 0 fully saturated rings. The molecule has 2 heterocycles. The molecule has 1 N–H and O–H groups in total. The van der Waals surface area contributed by atoms with Crippen LogP contribution in [0.2, 0.25) is 5.02 Å². The summed E-state index contributed by atoms with van der Waals surface area (Å²) >= 11 is 6.08. The maximum Gasteiger partial charge on any atom is 0.279 e. The Morgan fingerprint density at radius 3 is 2.87 bits per heavy atom. The zero-order valence-electron chi connectivity index (χ0n) is 17.8. The predicted molar refractivity (Wildman–Crippen MR) is 117 cm³/mol. The first kappa shape index (κ1) is 20.7. The van der Waals surface area contributed by atoms with Crippen molar-refractivity contribution in [2.75, 3.05) is 5.32 Å². The number of rotatable bonds is 4. The van der Waals surface area contributed by atoms with E-state index in [9.17, 15) is 4.79 Å². The second-order valence-electron chi connectivity index (χ2n) is 9.15. The van der Waals surface area contributed by atoms with Crippen LogP contribution in [0.1, 0.15) is 60.3 Å². The summed E-state index contributed by atoms with van der Waals surface area (Å²) in [4.78, 5) is 12.9. The normalized spacial score (nSPS) is 16.4. The van der Waals surface area contributed by atoms with E-state index in [1.807, 2.05) is 41.9 Å². The van der Waals surface area contributed by atoms with Crippen LogP contribution in [0.3, 0.4) is 0 Å². The van der Waals surface area contributed by atoms with Crippen molar-refractivity contribution in [3.8, 4) is 0 Å². The van der Waals surface area contributed by atoms with E-state index in [-0.39, 0.29) is 11.3 Å². The fourth-order valence-corrected chi connectivity index (χ4v) is 4.25. The van der Waals surface area contributed by atoms with E-state index in [4.69, 9.17) is 16.1 Å². The van der Waals surface area contributed by atoms with E-state index in [2.05, 4.69) is 36.3 Å². The van der Waals surface area contributed by atoms with Gasteiger partial charge in [0.05, 0.1) is 6.54 Å². The Hall–Kier alpha value is -2.60. The summed E-state index contributed by atoms with van der Waals surface area (Å²) in [5, 5.41) is 12.2. The smallest absolute Gasteiger partial charge is 0.279 e. The van der Waals surface area contributed by atoms with Gasteiger partial charge in [0.2, 0.25) is 0 Å². The highest BCUT2D eigenvalue weighted by molar-refractivity contribution is 6.30. The SMILES string of the molecule is Cc1cc(NC(=O)c2noc3c2CC(C(C)(C)C)CC3)nn1Cc1cccc(Cl)c1. The van der Waals surface area contributed by atoms with Crippen LogP contribution in [0.4, 0.5) is 5.82 Å². The molecule has 0 aliphatic heterocycles. The lowest BCUT2D eigenvalue weighted by atomic mass is 9.71. The van der Waals surface area contributed by atoms with Crippen LogP contribution >= 0.6 is 11.6 Å². The van der Waals surface area contributed by atoms with E-state index < -0.39 is 0 Å². The summed E-state index contributed by atoms with van der Waals surface area (Å²) in [6.07, 6.45) is 2.69. The first-order valence-electron chi connectivity index (χ1n) is 10.3. The van der Waals surface area contributed by atoms with E-state index >= 15 is 0 Å². The zero-order valence-corrected chi connectivity index (χ0v) is 18.6. The Bertz CT molecular complexity index is 1080. The number of hydrogen-bond acceptors (Lipinski definition) is 4. The van der Waals surface area contributed by atoms with Crippen LogP contribution in [0.5, 0.6) is 0 Å². The molecule has 4 rings (SSSR count). The van der Waals surface area contributed by atoms with Gasteiger partial charge < -0.3 is 9.84 Å². The molecular formula is C23H27ClN4O2. The number of nitrogens with one attached hydrogen (secondary N) is 1. The van der Waals surface area contributed by atoms with Gasteiger partial charge in [-0.3, -0.25) is 9.48 Å². The molecular weight excluding hydrogens is 400 g/mol. The molecule has 1 atom stereocenters. The van der Waals surface area contributed by atoms with Crippen molar-refractivity contribution in [1.29, 1.82) is 0 Å². The lowest BCUT2D eigenvalue weighted by Crippen LogP contribution is -2.27. The minimum atomic E-state index is -0.276. The monoisotopic (exact) mass is 426 g/mol. The van der Waals surface area contributed by atoms with Gasteiger partial charge in [-0.1, -0.05) is 49.7 Å². The Balaban J connectivity index is 1.50. The zero-order chi connectivity index (χ0) is 21.5. The van der Waals surface area contributed by atoms with Crippen LogP contribution in [-0.2, 0) is 19.4 Å². The lowest BCUT2D eigenvalue weighted by molar-refractivity contribution is 0.101. The number of nitrogens with zero attached hydrogens (tertiary/aromatic N) is 3. The van der Waals surface area contributed by atoms with Crippen molar-refractivity contribution in [3.63, 3.8) is 0 Å². The second-order valence-corrected chi connectivity index (χ2v) is 9.59. The molecule has 1 unspecified atom stereocenters. The number of hydrogen-bond donors (Lipinski definition) is 1. The van der Waals surface area contributed by atoms with Crippen molar-refractivity contribution in [3.05, 3.63) is 63.6 Å². The van der Waals surface area contributed by atoms with Gasteiger partial charge in [0, 0.05) is 28.8 Å². The van der Waals surface area contributed by atoms with E-state index in [0.717, 1.165) is 41.8 Å². The molecule has 1 aromatic carbocycles. The quantitative estimate of drug-likeness (QED) is 0.615. The van der Waals surface area contributed by atoms with Crippen molar-refractivity contribution in [1.82, 2.24) is 14.9 Å². The van der Waals surface area contributed by atoms with Gasteiger partial charge in [0.25, 0.3) is 5.91 Å². The molecule has 6 nitrogen and oxygen atoms in total. The number of carbonyl (C=O) groups excluding carboxylic acids is 1. The van der Waals surface area contributed by atoms with Crippen LogP contribution in [0.15, 0.2) is 34.9 Å². The van der Waals surface area contributed by atoms with E-state index in [1.54, 1.807) is 0 Å². The number of amides is 1. The number of benzene rings is 1. The Labute approximate surface area is 181 Å². The summed E-state index contributed by atoms with van der Waals surface area (Å²) in [5.41, 5.74) is 3.49. The molecule has 3 aromatic rings. The summed E-state index contributed by atoms with van der Waals surface area (Å²) in [5.74, 6) is 1.56. The maximum absolute atomic E-state index is 12.9. The molecule has 1 aliphatic carbocycles. The lowest BCUT2D eigenvalue weighted by Gasteiger charge is -2.33. The molecule has 0 radical (unpaired) electrons. The Morgan fingerprint density at radius 2 is 2.13 bits per heavy atom. The van der Waals surface area contributed by atoms with Gasteiger partial charge in [-0.25, -0.2) is 0 Å². The van der Waals surface area contributed by atoms with Crippen LogP contribution in [0.25, 0.3) is 0 Å². The first-order valence-corrected chi connectivity index (χ1v) is 10.7. The van der Waals surface area contributed by atoms with E-state index in [0.29, 0.717) is 29.0 Å². The Kier molecular flexibility index (Phi) is 5.45. The van der Waals surface area contributed by atoms with Crippen LogP contribution in [-0.4, -0.2) is 20.8 Å². The molecule has 158 valence electrons. The second kappa shape index (κ2) is 7.91. The predicted octanol–water partition coefficient (Wildman–Crippen LogP) is 5.28. The highest BCUT2D eigenvalue weighted by Gasteiger charge is 2.34. The third-order valence-corrected chi connectivity index (χ3v) is 6.16. The third-order valence-electron chi connectivity index (χ3n) is 5.92. The Morgan fingerprint density at radius 1 is 1.33 bits per heavy atom. The van der Waals surface area contributed by atoms with Crippen molar-refractivity contribution < 1.29 is 9.32 Å². The van der Waals surface area contributed by atoms with Gasteiger partial charge in [-0.15, -0.1) is 0 Å². The molecule has 30 heavy (non-hydrogen) atoms. The number of anilines is 1. The van der Waals surface area contributed by atoms with Gasteiger partial charge in [0.1, 0.15) is 5.76 Å². The molecule has 0 saturated carbocycles. The van der Waals surface area contributed by atoms with Gasteiger partial charge in [-0.05, 0) is 48.8 Å². The number of fused-ring (bicyclic) bond motifs is 1. The average Bonchev–Trinajstić information content (AvgIpc) is 3.24. The molecule has 7 heteroatoms. The average molecular weight is 427 g/mol. The number of aromatic nitrogens is 3. The molecule has 1 amide bonds. The van der Waals surface area contributed by atoms with Crippen molar-refractivity contribution >= 4 is 23.3 Å². The topological polar surface area (TPSA) is 73.0 Å². The highest BCUT2D eigenvalue weighted by atomic mass is 35.5. The van der Waals surface area contributed by atoms with Gasteiger partial charge >= 0.3 is 0 Å². The fourth-order valence-electron chi connectivity index (χ4n) is 4.04. The molecule has 0 spiro atoms.